The molecule has 0 aliphatic heterocycles. The van der Waals surface area contributed by atoms with Gasteiger partial charge < -0.3 is 10.1 Å². The summed E-state index contributed by atoms with van der Waals surface area (Å²) in [5, 5.41) is 3.90. The Morgan fingerprint density at radius 2 is 1.74 bits per heavy atom. The minimum atomic E-state index is 0.191. The second kappa shape index (κ2) is 5.73. The van der Waals surface area contributed by atoms with E-state index in [0.29, 0.717) is 23.0 Å². The van der Waals surface area contributed by atoms with Gasteiger partial charge in [0.15, 0.2) is 0 Å². The minimum absolute atomic E-state index is 0.191. The van der Waals surface area contributed by atoms with Gasteiger partial charge in [0.05, 0.1) is 6.10 Å². The van der Waals surface area contributed by atoms with Crippen LogP contribution in [0.1, 0.15) is 74.7 Å². The maximum atomic E-state index is 5.89. The third kappa shape index (κ3) is 4.19. The molecule has 1 aliphatic rings. The molecule has 19 heavy (non-hydrogen) atoms. The number of rotatable bonds is 6. The molecule has 3 unspecified atom stereocenters. The largest absolute Gasteiger partial charge is 0.378 e. The van der Waals surface area contributed by atoms with Crippen LogP contribution in [0.3, 0.4) is 0 Å². The summed E-state index contributed by atoms with van der Waals surface area (Å²) in [4.78, 5) is 0. The highest BCUT2D eigenvalue weighted by Crippen LogP contribution is 2.47. The van der Waals surface area contributed by atoms with E-state index in [-0.39, 0.29) is 5.54 Å². The first kappa shape index (κ1) is 17.0. The van der Waals surface area contributed by atoms with Crippen molar-refractivity contribution in [1.29, 1.82) is 0 Å². The van der Waals surface area contributed by atoms with Crippen molar-refractivity contribution < 1.29 is 4.74 Å². The molecule has 0 radical (unpaired) electrons. The van der Waals surface area contributed by atoms with Crippen molar-refractivity contribution in [2.24, 2.45) is 10.8 Å². The Bertz CT molecular complexity index is 292. The van der Waals surface area contributed by atoms with Crippen LogP contribution >= 0.6 is 0 Å². The fourth-order valence-corrected chi connectivity index (χ4v) is 3.82. The average Bonchev–Trinajstić information content (AvgIpc) is 2.23. The Hall–Kier alpha value is -0.0800. The van der Waals surface area contributed by atoms with E-state index < -0.39 is 0 Å². The number of hydrogen-bond acceptors (Lipinski definition) is 2. The highest BCUT2D eigenvalue weighted by molar-refractivity contribution is 5.07. The Morgan fingerprint density at radius 3 is 2.16 bits per heavy atom. The zero-order valence-electron chi connectivity index (χ0n) is 14.4. The van der Waals surface area contributed by atoms with Crippen LogP contribution in [0.15, 0.2) is 0 Å². The monoisotopic (exact) mass is 269 g/mol. The molecule has 0 heterocycles. The highest BCUT2D eigenvalue weighted by Gasteiger charge is 2.52. The first-order valence-electron chi connectivity index (χ1n) is 7.93. The Balaban J connectivity index is 2.63. The molecule has 2 heteroatoms. The second-order valence-corrected chi connectivity index (χ2v) is 8.36. The summed E-state index contributed by atoms with van der Waals surface area (Å²) in [5.41, 5.74) is 0.851. The lowest BCUT2D eigenvalue weighted by atomic mass is 9.60. The Labute approximate surface area is 120 Å². The molecule has 1 saturated carbocycles. The third-order valence-electron chi connectivity index (χ3n) is 4.65. The van der Waals surface area contributed by atoms with Crippen LogP contribution in [-0.4, -0.2) is 24.3 Å². The van der Waals surface area contributed by atoms with Crippen molar-refractivity contribution in [3.8, 4) is 0 Å². The number of ether oxygens (including phenoxy) is 1. The van der Waals surface area contributed by atoms with E-state index in [0.717, 1.165) is 13.0 Å². The normalized spacial score (nSPS) is 32.2. The molecule has 1 rings (SSSR count). The second-order valence-electron chi connectivity index (χ2n) is 8.36. The molecule has 1 fully saturated rings. The SMILES string of the molecule is CCOC1CC(NC(C)(C)CC(C)(C)C)C1(C)CC. The van der Waals surface area contributed by atoms with Crippen LogP contribution in [0.5, 0.6) is 0 Å². The molecule has 0 aromatic carbocycles. The summed E-state index contributed by atoms with van der Waals surface area (Å²) in [6.45, 7) is 19.2. The smallest absolute Gasteiger partial charge is 0.0658 e. The van der Waals surface area contributed by atoms with Crippen molar-refractivity contribution in [2.45, 2.75) is 92.3 Å². The zero-order chi connectivity index (χ0) is 14.9. The van der Waals surface area contributed by atoms with Crippen LogP contribution in [0.25, 0.3) is 0 Å². The molecule has 0 aromatic heterocycles. The minimum Gasteiger partial charge on any atom is -0.378 e. The summed E-state index contributed by atoms with van der Waals surface area (Å²) >= 11 is 0. The van der Waals surface area contributed by atoms with Gasteiger partial charge in [-0.05, 0) is 45.4 Å². The number of nitrogens with one attached hydrogen (secondary N) is 1. The molecule has 0 saturated heterocycles. The summed E-state index contributed by atoms with van der Waals surface area (Å²) in [7, 11) is 0. The summed E-state index contributed by atoms with van der Waals surface area (Å²) in [6, 6.07) is 0.589. The van der Waals surface area contributed by atoms with Gasteiger partial charge in [0, 0.05) is 23.6 Å². The fraction of sp³-hybridized carbons (Fsp3) is 1.00. The van der Waals surface area contributed by atoms with Crippen LogP contribution in [0, 0.1) is 10.8 Å². The van der Waals surface area contributed by atoms with Crippen molar-refractivity contribution in [2.75, 3.05) is 6.61 Å². The lowest BCUT2D eigenvalue weighted by molar-refractivity contribution is -0.132. The van der Waals surface area contributed by atoms with Gasteiger partial charge in [0.1, 0.15) is 0 Å². The van der Waals surface area contributed by atoms with E-state index in [1.165, 1.54) is 12.8 Å². The van der Waals surface area contributed by atoms with E-state index in [2.05, 4.69) is 60.7 Å². The van der Waals surface area contributed by atoms with Gasteiger partial charge in [-0.1, -0.05) is 34.6 Å². The molecule has 1 aliphatic carbocycles. The van der Waals surface area contributed by atoms with Crippen LogP contribution in [-0.2, 0) is 4.74 Å². The third-order valence-corrected chi connectivity index (χ3v) is 4.65. The van der Waals surface area contributed by atoms with Crippen LogP contribution < -0.4 is 5.32 Å². The standard InChI is InChI=1S/C17H35NO/c1-9-17(8)13(11-14(17)19-10-2)18-16(6,7)12-15(3,4)5/h13-14,18H,9-12H2,1-8H3. The van der Waals surface area contributed by atoms with E-state index in [1.54, 1.807) is 0 Å². The Morgan fingerprint density at radius 1 is 1.16 bits per heavy atom. The molecule has 1 N–H and O–H groups in total. The van der Waals surface area contributed by atoms with Gasteiger partial charge in [-0.2, -0.15) is 0 Å². The molecular formula is C17H35NO. The molecule has 0 aromatic rings. The molecule has 2 nitrogen and oxygen atoms in total. The van der Waals surface area contributed by atoms with E-state index in [9.17, 15) is 0 Å². The van der Waals surface area contributed by atoms with Crippen LogP contribution in [0.2, 0.25) is 0 Å². The lowest BCUT2D eigenvalue weighted by Gasteiger charge is -2.56. The molecule has 0 amide bonds. The van der Waals surface area contributed by atoms with Crippen molar-refractivity contribution >= 4 is 0 Å². The predicted octanol–water partition coefficient (Wildman–Crippen LogP) is 4.38. The predicted molar refractivity (Wildman–Crippen MR) is 83.5 cm³/mol. The van der Waals surface area contributed by atoms with Crippen molar-refractivity contribution in [1.82, 2.24) is 5.32 Å². The molecule has 0 spiro atoms. The molecular weight excluding hydrogens is 234 g/mol. The summed E-state index contributed by atoms with van der Waals surface area (Å²) in [6.07, 6.45) is 3.97. The fourth-order valence-electron chi connectivity index (χ4n) is 3.82. The van der Waals surface area contributed by atoms with Crippen molar-refractivity contribution in [3.63, 3.8) is 0 Å². The van der Waals surface area contributed by atoms with Gasteiger partial charge in [-0.3, -0.25) is 0 Å². The van der Waals surface area contributed by atoms with Gasteiger partial charge in [0.2, 0.25) is 0 Å². The summed E-state index contributed by atoms with van der Waals surface area (Å²) < 4.78 is 5.89. The maximum Gasteiger partial charge on any atom is 0.0658 e. The van der Waals surface area contributed by atoms with Gasteiger partial charge >= 0.3 is 0 Å². The average molecular weight is 269 g/mol. The first-order valence-corrected chi connectivity index (χ1v) is 7.93. The van der Waals surface area contributed by atoms with E-state index in [1.807, 2.05) is 0 Å². The molecule has 114 valence electrons. The van der Waals surface area contributed by atoms with Gasteiger partial charge in [0.25, 0.3) is 0 Å². The summed E-state index contributed by atoms with van der Waals surface area (Å²) in [5.74, 6) is 0. The van der Waals surface area contributed by atoms with Gasteiger partial charge in [-0.25, -0.2) is 0 Å². The van der Waals surface area contributed by atoms with Gasteiger partial charge in [-0.15, -0.1) is 0 Å². The van der Waals surface area contributed by atoms with Crippen molar-refractivity contribution in [3.05, 3.63) is 0 Å². The quantitative estimate of drug-likeness (QED) is 0.772. The van der Waals surface area contributed by atoms with Crippen LogP contribution in [0.4, 0.5) is 0 Å². The number of hydrogen-bond donors (Lipinski definition) is 1. The first-order chi connectivity index (χ1) is 8.54. The van der Waals surface area contributed by atoms with E-state index in [4.69, 9.17) is 4.74 Å². The molecule has 0 bridgehead atoms. The maximum absolute atomic E-state index is 5.89. The highest BCUT2D eigenvalue weighted by atomic mass is 16.5. The topological polar surface area (TPSA) is 21.3 Å². The lowest BCUT2D eigenvalue weighted by Crippen LogP contribution is -2.66. The van der Waals surface area contributed by atoms with E-state index >= 15 is 0 Å². The molecule has 3 atom stereocenters. The zero-order valence-corrected chi connectivity index (χ0v) is 14.4. The Kier molecular flexibility index (Phi) is 5.12.